The van der Waals surface area contributed by atoms with Crippen LogP contribution in [-0.2, 0) is 6.54 Å². The zero-order valence-electron chi connectivity index (χ0n) is 12.0. The van der Waals surface area contributed by atoms with E-state index in [2.05, 4.69) is 24.1 Å². The molecule has 1 heterocycles. The molecule has 0 radical (unpaired) electrons. The molecule has 0 fully saturated rings. The van der Waals surface area contributed by atoms with Crippen LogP contribution in [0.5, 0.6) is 11.5 Å². The van der Waals surface area contributed by atoms with Crippen LogP contribution in [0.25, 0.3) is 0 Å². The Hall–Kier alpha value is -1.94. The number of pyridine rings is 1. The molecule has 1 aromatic carbocycles. The first-order chi connectivity index (χ1) is 9.54. The fourth-order valence-electron chi connectivity index (χ4n) is 1.76. The predicted molar refractivity (Wildman–Crippen MR) is 77.4 cm³/mol. The molecule has 20 heavy (non-hydrogen) atoms. The Morgan fingerprint density at radius 1 is 1.30 bits per heavy atom. The maximum absolute atomic E-state index is 13.2. The fourth-order valence-corrected chi connectivity index (χ4v) is 1.76. The number of nitrogens with one attached hydrogen (secondary N) is 1. The first-order valence-electron chi connectivity index (χ1n) is 6.67. The quantitative estimate of drug-likeness (QED) is 0.900. The van der Waals surface area contributed by atoms with E-state index >= 15 is 0 Å². The molecule has 0 saturated heterocycles. The monoisotopic (exact) mass is 274 g/mol. The van der Waals surface area contributed by atoms with Crippen molar-refractivity contribution < 1.29 is 9.13 Å². The average molecular weight is 274 g/mol. The molecule has 0 atom stereocenters. The molecular weight excluding hydrogens is 255 g/mol. The highest BCUT2D eigenvalue weighted by atomic mass is 19.1. The van der Waals surface area contributed by atoms with E-state index < -0.39 is 0 Å². The van der Waals surface area contributed by atoms with Crippen LogP contribution in [0.15, 0.2) is 36.5 Å². The van der Waals surface area contributed by atoms with Crippen LogP contribution in [0.3, 0.4) is 0 Å². The lowest BCUT2D eigenvalue weighted by atomic mass is 10.2. The number of halogens is 1. The van der Waals surface area contributed by atoms with Crippen LogP contribution in [0.2, 0.25) is 0 Å². The Kier molecular flexibility index (Phi) is 4.69. The van der Waals surface area contributed by atoms with Crippen molar-refractivity contribution in [2.24, 2.45) is 0 Å². The number of aromatic nitrogens is 1. The smallest absolute Gasteiger partial charge is 0.135 e. The molecule has 0 saturated carbocycles. The van der Waals surface area contributed by atoms with Gasteiger partial charge in [-0.3, -0.25) is 4.98 Å². The standard InChI is InChI=1S/C16H19FN2O/c1-11(2)18-9-13-10-19-12(3)7-16(13)20-15-6-4-5-14(17)8-15/h4-8,10-11,18H,9H2,1-3H3. The maximum Gasteiger partial charge on any atom is 0.135 e. The van der Waals surface area contributed by atoms with Crippen molar-refractivity contribution in [2.45, 2.75) is 33.4 Å². The highest BCUT2D eigenvalue weighted by Gasteiger charge is 2.08. The van der Waals surface area contributed by atoms with E-state index in [0.717, 1.165) is 11.3 Å². The lowest BCUT2D eigenvalue weighted by Crippen LogP contribution is -2.22. The highest BCUT2D eigenvalue weighted by molar-refractivity contribution is 5.37. The van der Waals surface area contributed by atoms with Crippen LogP contribution < -0.4 is 10.1 Å². The minimum absolute atomic E-state index is 0.310. The van der Waals surface area contributed by atoms with E-state index in [1.54, 1.807) is 18.3 Å². The van der Waals surface area contributed by atoms with Crippen molar-refractivity contribution in [3.8, 4) is 11.5 Å². The summed E-state index contributed by atoms with van der Waals surface area (Å²) >= 11 is 0. The van der Waals surface area contributed by atoms with Gasteiger partial charge in [0, 0.05) is 42.2 Å². The van der Waals surface area contributed by atoms with Gasteiger partial charge in [-0.2, -0.15) is 0 Å². The molecule has 106 valence electrons. The average Bonchev–Trinajstić information content (AvgIpc) is 2.37. The van der Waals surface area contributed by atoms with Gasteiger partial charge in [0.05, 0.1) is 0 Å². The van der Waals surface area contributed by atoms with Gasteiger partial charge in [-0.05, 0) is 19.1 Å². The van der Waals surface area contributed by atoms with Crippen molar-refractivity contribution >= 4 is 0 Å². The van der Waals surface area contributed by atoms with E-state index in [-0.39, 0.29) is 5.82 Å². The fraction of sp³-hybridized carbons (Fsp3) is 0.312. The number of hydrogen-bond donors (Lipinski definition) is 1. The largest absolute Gasteiger partial charge is 0.457 e. The number of ether oxygens (including phenoxy) is 1. The van der Waals surface area contributed by atoms with Gasteiger partial charge in [-0.1, -0.05) is 19.9 Å². The second kappa shape index (κ2) is 6.48. The summed E-state index contributed by atoms with van der Waals surface area (Å²) in [5.74, 6) is 0.882. The number of hydrogen-bond acceptors (Lipinski definition) is 3. The molecule has 0 unspecified atom stereocenters. The van der Waals surface area contributed by atoms with Gasteiger partial charge in [0.2, 0.25) is 0 Å². The first-order valence-corrected chi connectivity index (χ1v) is 6.67. The van der Waals surface area contributed by atoms with Crippen LogP contribution in [0, 0.1) is 12.7 Å². The lowest BCUT2D eigenvalue weighted by Gasteiger charge is -2.14. The third-order valence-electron chi connectivity index (χ3n) is 2.81. The highest BCUT2D eigenvalue weighted by Crippen LogP contribution is 2.26. The van der Waals surface area contributed by atoms with Gasteiger partial charge in [0.1, 0.15) is 17.3 Å². The van der Waals surface area contributed by atoms with E-state index in [1.165, 1.54) is 12.1 Å². The Morgan fingerprint density at radius 2 is 2.10 bits per heavy atom. The zero-order valence-corrected chi connectivity index (χ0v) is 12.0. The van der Waals surface area contributed by atoms with Gasteiger partial charge in [-0.15, -0.1) is 0 Å². The van der Waals surface area contributed by atoms with Crippen LogP contribution in [0.1, 0.15) is 25.1 Å². The Morgan fingerprint density at radius 3 is 2.80 bits per heavy atom. The minimum atomic E-state index is -0.310. The Balaban J connectivity index is 2.22. The Labute approximate surface area is 118 Å². The Bertz CT molecular complexity index is 584. The number of aryl methyl sites for hydroxylation is 1. The second-order valence-electron chi connectivity index (χ2n) is 5.03. The summed E-state index contributed by atoms with van der Waals surface area (Å²) in [5.41, 5.74) is 1.82. The van der Waals surface area contributed by atoms with Gasteiger partial charge < -0.3 is 10.1 Å². The van der Waals surface area contributed by atoms with Crippen molar-refractivity contribution in [2.75, 3.05) is 0 Å². The number of benzene rings is 1. The van der Waals surface area contributed by atoms with E-state index in [9.17, 15) is 4.39 Å². The topological polar surface area (TPSA) is 34.1 Å². The van der Waals surface area contributed by atoms with Gasteiger partial charge >= 0.3 is 0 Å². The number of rotatable bonds is 5. The summed E-state index contributed by atoms with van der Waals surface area (Å²) in [6.45, 7) is 6.72. The molecule has 1 N–H and O–H groups in total. The van der Waals surface area contributed by atoms with E-state index in [4.69, 9.17) is 4.74 Å². The van der Waals surface area contributed by atoms with E-state index in [0.29, 0.717) is 24.1 Å². The predicted octanol–water partition coefficient (Wildman–Crippen LogP) is 3.82. The molecule has 2 aromatic rings. The summed E-state index contributed by atoms with van der Waals surface area (Å²) < 4.78 is 19.0. The van der Waals surface area contributed by atoms with Gasteiger partial charge in [0.15, 0.2) is 0 Å². The molecule has 3 nitrogen and oxygen atoms in total. The van der Waals surface area contributed by atoms with Crippen molar-refractivity contribution in [1.82, 2.24) is 10.3 Å². The van der Waals surface area contributed by atoms with Crippen molar-refractivity contribution in [3.63, 3.8) is 0 Å². The summed E-state index contributed by atoms with van der Waals surface area (Å²) in [4.78, 5) is 4.28. The van der Waals surface area contributed by atoms with Crippen LogP contribution >= 0.6 is 0 Å². The molecular formula is C16H19FN2O. The molecule has 4 heteroatoms. The SMILES string of the molecule is Cc1cc(Oc2cccc(F)c2)c(CNC(C)C)cn1. The molecule has 0 bridgehead atoms. The third-order valence-corrected chi connectivity index (χ3v) is 2.81. The summed E-state index contributed by atoms with van der Waals surface area (Å²) in [7, 11) is 0. The third kappa shape index (κ3) is 4.03. The second-order valence-corrected chi connectivity index (χ2v) is 5.03. The normalized spacial score (nSPS) is 10.8. The molecule has 0 aliphatic rings. The van der Waals surface area contributed by atoms with Crippen LogP contribution in [-0.4, -0.2) is 11.0 Å². The van der Waals surface area contributed by atoms with Crippen molar-refractivity contribution in [1.29, 1.82) is 0 Å². The maximum atomic E-state index is 13.2. The van der Waals surface area contributed by atoms with Gasteiger partial charge in [-0.25, -0.2) is 4.39 Å². The molecule has 0 aliphatic carbocycles. The molecule has 0 spiro atoms. The first kappa shape index (κ1) is 14.5. The van der Waals surface area contributed by atoms with Crippen molar-refractivity contribution in [3.05, 3.63) is 53.6 Å². The van der Waals surface area contributed by atoms with Crippen LogP contribution in [0.4, 0.5) is 4.39 Å². The number of nitrogens with zero attached hydrogens (tertiary/aromatic N) is 1. The minimum Gasteiger partial charge on any atom is -0.457 e. The summed E-state index contributed by atoms with van der Waals surface area (Å²) in [6, 6.07) is 8.37. The summed E-state index contributed by atoms with van der Waals surface area (Å²) in [6.07, 6.45) is 1.79. The van der Waals surface area contributed by atoms with E-state index in [1.807, 2.05) is 13.0 Å². The molecule has 0 amide bonds. The van der Waals surface area contributed by atoms with Gasteiger partial charge in [0.25, 0.3) is 0 Å². The molecule has 0 aliphatic heterocycles. The molecule has 2 rings (SSSR count). The summed E-state index contributed by atoms with van der Waals surface area (Å²) in [5, 5.41) is 3.32. The lowest BCUT2D eigenvalue weighted by molar-refractivity contribution is 0.463. The zero-order chi connectivity index (χ0) is 14.5. The molecule has 1 aromatic heterocycles.